The fourth-order valence-corrected chi connectivity index (χ4v) is 2.73. The van der Waals surface area contributed by atoms with E-state index in [4.69, 9.17) is 15.2 Å². The van der Waals surface area contributed by atoms with Crippen LogP contribution >= 0.6 is 0 Å². The van der Waals surface area contributed by atoms with Gasteiger partial charge in [-0.05, 0) is 36.2 Å². The van der Waals surface area contributed by atoms with Gasteiger partial charge in [0.2, 0.25) is 17.7 Å². The first-order valence-electron chi connectivity index (χ1n) is 10.7. The number of ether oxygens (including phenoxy) is 2. The third kappa shape index (κ3) is 8.76. The van der Waals surface area contributed by atoms with E-state index >= 15 is 0 Å². The molecule has 0 aliphatic heterocycles. The molecule has 0 saturated heterocycles. The monoisotopic (exact) mass is 486 g/mol. The number of benzene rings is 2. The summed E-state index contributed by atoms with van der Waals surface area (Å²) in [6.07, 6.45) is -0.777. The van der Waals surface area contributed by atoms with E-state index in [0.29, 0.717) is 17.7 Å². The first-order valence-corrected chi connectivity index (χ1v) is 10.7. The Balaban J connectivity index is 1.89. The molecule has 186 valence electrons. The summed E-state index contributed by atoms with van der Waals surface area (Å²) in [5.74, 6) is -1.94. The molecule has 2 atom stereocenters. The van der Waals surface area contributed by atoms with E-state index in [1.807, 2.05) is 6.92 Å². The minimum Gasteiger partial charge on any atom is -0.429 e. The second-order valence-electron chi connectivity index (χ2n) is 7.62. The van der Waals surface area contributed by atoms with Crippen molar-refractivity contribution in [1.29, 1.82) is 0 Å². The van der Waals surface area contributed by atoms with Crippen LogP contribution in [0.4, 0.5) is 16.2 Å². The predicted octanol–water partition coefficient (Wildman–Crippen LogP) is 2.66. The number of carbonyl (C=O) groups excluding carboxylic acids is 4. The average molecular weight is 486 g/mol. The molecule has 12 nitrogen and oxygen atoms in total. The first-order chi connectivity index (χ1) is 16.6. The Hall–Kier alpha value is -4.48. The van der Waals surface area contributed by atoms with Crippen molar-refractivity contribution in [1.82, 2.24) is 5.32 Å². The number of nitrogens with two attached hydrogens (primary N) is 1. The Bertz CT molecular complexity index is 1070. The molecular weight excluding hydrogens is 460 g/mol. The number of anilines is 1. The van der Waals surface area contributed by atoms with Gasteiger partial charge in [-0.2, -0.15) is 0 Å². The van der Waals surface area contributed by atoms with Crippen LogP contribution in [-0.2, 0) is 25.7 Å². The van der Waals surface area contributed by atoms with Gasteiger partial charge in [0.1, 0.15) is 18.4 Å². The topological polar surface area (TPSA) is 180 Å². The van der Waals surface area contributed by atoms with Crippen molar-refractivity contribution in [2.45, 2.75) is 39.3 Å². The Kier molecular flexibility index (Phi) is 9.70. The van der Waals surface area contributed by atoms with E-state index in [-0.39, 0.29) is 36.3 Å². The van der Waals surface area contributed by atoms with Gasteiger partial charge in [-0.25, -0.2) is 4.79 Å². The standard InChI is InChI=1S/C23H26N4O8/c1-3-14(2)21(29)26-19(12-20(24)28)22(30)25-16-6-4-15(5-7-16)13-34-23(31)35-18-10-8-17(9-11-18)27(32)33/h4-11,14,19H,3,12-13H2,1-2H3,(H2,24,28)(H,25,30)(H,26,29). The lowest BCUT2D eigenvalue weighted by molar-refractivity contribution is -0.384. The molecule has 0 aliphatic rings. The van der Waals surface area contributed by atoms with E-state index in [9.17, 15) is 29.3 Å². The lowest BCUT2D eigenvalue weighted by Gasteiger charge is -2.19. The van der Waals surface area contributed by atoms with E-state index in [1.54, 1.807) is 31.2 Å². The molecule has 2 aromatic carbocycles. The van der Waals surface area contributed by atoms with E-state index in [0.717, 1.165) is 0 Å². The summed E-state index contributed by atoms with van der Waals surface area (Å²) in [7, 11) is 0. The molecule has 2 aromatic rings. The Morgan fingerprint density at radius 3 is 2.20 bits per heavy atom. The summed E-state index contributed by atoms with van der Waals surface area (Å²) in [4.78, 5) is 57.9. The molecule has 35 heavy (non-hydrogen) atoms. The number of nitrogens with one attached hydrogen (secondary N) is 2. The molecule has 2 rings (SSSR count). The second-order valence-corrected chi connectivity index (χ2v) is 7.62. The minimum absolute atomic E-state index is 0.0876. The quantitative estimate of drug-likeness (QED) is 0.188. The number of non-ortho nitro benzene ring substituents is 1. The summed E-state index contributed by atoms with van der Waals surface area (Å²) in [6.45, 7) is 3.40. The summed E-state index contributed by atoms with van der Waals surface area (Å²) >= 11 is 0. The molecule has 0 bridgehead atoms. The van der Waals surface area contributed by atoms with Gasteiger partial charge >= 0.3 is 6.16 Å². The fourth-order valence-electron chi connectivity index (χ4n) is 2.73. The minimum atomic E-state index is -1.12. The van der Waals surface area contributed by atoms with E-state index in [1.165, 1.54) is 24.3 Å². The van der Waals surface area contributed by atoms with Crippen LogP contribution in [0, 0.1) is 16.0 Å². The fraction of sp³-hybridized carbons (Fsp3) is 0.304. The van der Waals surface area contributed by atoms with Gasteiger partial charge in [0.25, 0.3) is 5.69 Å². The van der Waals surface area contributed by atoms with Crippen molar-refractivity contribution in [3.63, 3.8) is 0 Å². The number of nitrogens with zero attached hydrogens (tertiary/aromatic N) is 1. The van der Waals surface area contributed by atoms with Crippen molar-refractivity contribution in [2.24, 2.45) is 11.7 Å². The molecule has 0 heterocycles. The lowest BCUT2D eigenvalue weighted by atomic mass is 10.1. The van der Waals surface area contributed by atoms with E-state index in [2.05, 4.69) is 10.6 Å². The van der Waals surface area contributed by atoms with Crippen LogP contribution in [0.15, 0.2) is 48.5 Å². The number of hydrogen-bond donors (Lipinski definition) is 3. The maximum Gasteiger partial charge on any atom is 0.514 e. The van der Waals surface area contributed by atoms with Crippen molar-refractivity contribution in [2.75, 3.05) is 5.32 Å². The molecule has 4 N–H and O–H groups in total. The summed E-state index contributed by atoms with van der Waals surface area (Å²) in [5, 5.41) is 15.8. The van der Waals surface area contributed by atoms with Gasteiger partial charge in [-0.3, -0.25) is 24.5 Å². The zero-order valence-corrected chi connectivity index (χ0v) is 19.2. The third-order valence-corrected chi connectivity index (χ3v) is 4.93. The van der Waals surface area contributed by atoms with Gasteiger partial charge in [-0.15, -0.1) is 0 Å². The molecule has 0 fully saturated rings. The molecule has 2 unspecified atom stereocenters. The van der Waals surface area contributed by atoms with Crippen molar-refractivity contribution in [3.05, 3.63) is 64.2 Å². The molecule has 0 radical (unpaired) electrons. The zero-order valence-electron chi connectivity index (χ0n) is 19.2. The van der Waals surface area contributed by atoms with Crippen LogP contribution < -0.4 is 21.1 Å². The Morgan fingerprint density at radius 1 is 1.03 bits per heavy atom. The van der Waals surface area contributed by atoms with Crippen molar-refractivity contribution in [3.8, 4) is 5.75 Å². The highest BCUT2D eigenvalue weighted by Crippen LogP contribution is 2.18. The van der Waals surface area contributed by atoms with Gasteiger partial charge in [-0.1, -0.05) is 26.0 Å². The Labute approximate surface area is 200 Å². The number of rotatable bonds is 11. The third-order valence-electron chi connectivity index (χ3n) is 4.93. The van der Waals surface area contributed by atoms with Gasteiger partial charge < -0.3 is 25.8 Å². The maximum atomic E-state index is 12.6. The molecule has 12 heteroatoms. The number of hydrogen-bond acceptors (Lipinski definition) is 8. The first kappa shape index (κ1) is 26.8. The molecule has 0 aromatic heterocycles. The summed E-state index contributed by atoms with van der Waals surface area (Å²) < 4.78 is 9.96. The zero-order chi connectivity index (χ0) is 26.0. The van der Waals surface area contributed by atoms with Crippen LogP contribution in [0.25, 0.3) is 0 Å². The molecule has 0 aliphatic carbocycles. The van der Waals surface area contributed by atoms with Gasteiger partial charge in [0, 0.05) is 23.7 Å². The van der Waals surface area contributed by atoms with Crippen LogP contribution in [0.3, 0.4) is 0 Å². The Morgan fingerprint density at radius 2 is 1.66 bits per heavy atom. The lowest BCUT2D eigenvalue weighted by Crippen LogP contribution is -2.47. The number of carbonyl (C=O) groups is 4. The van der Waals surface area contributed by atoms with Crippen molar-refractivity contribution >= 4 is 35.3 Å². The number of primary amides is 1. The highest BCUT2D eigenvalue weighted by atomic mass is 16.7. The summed E-state index contributed by atoms with van der Waals surface area (Å²) in [6, 6.07) is 10.1. The number of nitro benzene ring substituents is 1. The van der Waals surface area contributed by atoms with Gasteiger partial charge in [0.15, 0.2) is 0 Å². The van der Waals surface area contributed by atoms with Crippen LogP contribution in [0.1, 0.15) is 32.3 Å². The highest BCUT2D eigenvalue weighted by molar-refractivity contribution is 5.99. The smallest absolute Gasteiger partial charge is 0.429 e. The molecule has 3 amide bonds. The number of nitro groups is 1. The van der Waals surface area contributed by atoms with Crippen LogP contribution in [-0.4, -0.2) is 34.8 Å². The molecular formula is C23H26N4O8. The molecule has 0 saturated carbocycles. The highest BCUT2D eigenvalue weighted by Gasteiger charge is 2.24. The van der Waals surface area contributed by atoms with E-state index < -0.39 is 28.9 Å². The van der Waals surface area contributed by atoms with Crippen molar-refractivity contribution < 1.29 is 33.6 Å². The van der Waals surface area contributed by atoms with Crippen LogP contribution in [0.2, 0.25) is 0 Å². The number of amides is 3. The van der Waals surface area contributed by atoms with Gasteiger partial charge in [0.05, 0.1) is 11.3 Å². The SMILES string of the molecule is CCC(C)C(=O)NC(CC(N)=O)C(=O)Nc1ccc(COC(=O)Oc2ccc([N+](=O)[O-])cc2)cc1. The predicted molar refractivity (Wildman–Crippen MR) is 124 cm³/mol. The largest absolute Gasteiger partial charge is 0.514 e. The normalized spacial score (nSPS) is 12.1. The summed E-state index contributed by atoms with van der Waals surface area (Å²) in [5.41, 5.74) is 6.04. The second kappa shape index (κ2) is 12.7. The van der Waals surface area contributed by atoms with Crippen LogP contribution in [0.5, 0.6) is 5.75 Å². The maximum absolute atomic E-state index is 12.6. The molecule has 0 spiro atoms. The average Bonchev–Trinajstić information content (AvgIpc) is 2.82.